The molecule has 106 valence electrons. The predicted octanol–water partition coefficient (Wildman–Crippen LogP) is 2.44. The second-order valence-corrected chi connectivity index (χ2v) is 4.86. The molecule has 0 saturated carbocycles. The zero-order valence-corrected chi connectivity index (χ0v) is 11.5. The van der Waals surface area contributed by atoms with Crippen LogP contribution in [0.2, 0.25) is 5.02 Å². The van der Waals surface area contributed by atoms with Crippen molar-refractivity contribution >= 4 is 23.6 Å². The smallest absolute Gasteiger partial charge is 0.331 e. The molecule has 0 aromatic heterocycles. The Hall–Kier alpha value is -2.01. The van der Waals surface area contributed by atoms with Crippen molar-refractivity contribution in [1.29, 1.82) is 0 Å². The summed E-state index contributed by atoms with van der Waals surface area (Å²) in [5.41, 5.74) is 0.377. The van der Waals surface area contributed by atoms with Crippen LogP contribution >= 0.6 is 11.6 Å². The van der Waals surface area contributed by atoms with Gasteiger partial charge in [0.05, 0.1) is 0 Å². The van der Waals surface area contributed by atoms with Crippen molar-refractivity contribution in [1.82, 2.24) is 10.2 Å². The number of halogens is 1. The molecule has 0 spiro atoms. The van der Waals surface area contributed by atoms with Crippen LogP contribution in [0.15, 0.2) is 36.4 Å². The fourth-order valence-corrected chi connectivity index (χ4v) is 2.27. The Morgan fingerprint density at radius 3 is 2.65 bits per heavy atom. The maximum atomic E-state index is 12.1. The van der Waals surface area contributed by atoms with E-state index >= 15 is 0 Å². The molecule has 1 aliphatic heterocycles. The molecule has 1 aliphatic rings. The normalized spacial score (nSPS) is 15.8. The molecule has 2 rings (SSSR count). The van der Waals surface area contributed by atoms with Gasteiger partial charge in [-0.3, -0.25) is 0 Å². The van der Waals surface area contributed by atoms with Crippen LogP contribution in [-0.2, 0) is 4.79 Å². The van der Waals surface area contributed by atoms with E-state index in [1.165, 1.54) is 0 Å². The molecule has 0 aliphatic carbocycles. The third kappa shape index (κ3) is 3.30. The number of carboxylic acid groups (broad SMARTS) is 1. The SMILES string of the molecule is O=C(O)[C@H](NC(=O)N1CC=CCC1)c1ccccc1Cl. The van der Waals surface area contributed by atoms with E-state index in [2.05, 4.69) is 5.32 Å². The summed E-state index contributed by atoms with van der Waals surface area (Å²) in [5.74, 6) is -1.14. The number of carboxylic acids is 1. The summed E-state index contributed by atoms with van der Waals surface area (Å²) in [7, 11) is 0. The number of aliphatic carboxylic acids is 1. The largest absolute Gasteiger partial charge is 0.479 e. The van der Waals surface area contributed by atoms with Gasteiger partial charge in [-0.1, -0.05) is 42.0 Å². The molecule has 1 atom stereocenters. The van der Waals surface area contributed by atoms with E-state index in [-0.39, 0.29) is 0 Å². The van der Waals surface area contributed by atoms with E-state index < -0.39 is 18.0 Å². The molecule has 1 aromatic carbocycles. The number of nitrogens with one attached hydrogen (secondary N) is 1. The molecule has 2 N–H and O–H groups in total. The topological polar surface area (TPSA) is 69.6 Å². The van der Waals surface area contributed by atoms with Crippen molar-refractivity contribution in [3.05, 3.63) is 47.0 Å². The van der Waals surface area contributed by atoms with Gasteiger partial charge in [0.25, 0.3) is 0 Å². The van der Waals surface area contributed by atoms with Crippen LogP contribution in [-0.4, -0.2) is 35.1 Å². The summed E-state index contributed by atoms with van der Waals surface area (Å²) >= 11 is 5.99. The fourth-order valence-electron chi connectivity index (χ4n) is 2.02. The number of hydrogen-bond acceptors (Lipinski definition) is 2. The lowest BCUT2D eigenvalue weighted by atomic mass is 10.1. The van der Waals surface area contributed by atoms with Gasteiger partial charge in [-0.25, -0.2) is 9.59 Å². The second kappa shape index (κ2) is 6.43. The number of urea groups is 1. The maximum absolute atomic E-state index is 12.1. The first kappa shape index (κ1) is 14.4. The number of amides is 2. The first-order valence-corrected chi connectivity index (χ1v) is 6.65. The second-order valence-electron chi connectivity index (χ2n) is 4.45. The molecule has 2 amide bonds. The number of carbonyl (C=O) groups is 2. The van der Waals surface area contributed by atoms with Crippen LogP contribution in [0.25, 0.3) is 0 Å². The Morgan fingerprint density at radius 2 is 2.05 bits per heavy atom. The molecular formula is C14H15ClN2O3. The molecule has 0 radical (unpaired) electrons. The average molecular weight is 295 g/mol. The quantitative estimate of drug-likeness (QED) is 0.841. The summed E-state index contributed by atoms with van der Waals surface area (Å²) in [6.45, 7) is 1.07. The zero-order valence-electron chi connectivity index (χ0n) is 10.8. The van der Waals surface area contributed by atoms with E-state index in [1.54, 1.807) is 29.2 Å². The number of rotatable bonds is 3. The third-order valence-electron chi connectivity index (χ3n) is 3.08. The number of benzene rings is 1. The van der Waals surface area contributed by atoms with Gasteiger partial charge in [0.2, 0.25) is 0 Å². The molecule has 0 bridgehead atoms. The number of nitrogens with zero attached hydrogens (tertiary/aromatic N) is 1. The Morgan fingerprint density at radius 1 is 1.30 bits per heavy atom. The molecule has 1 aromatic rings. The Bertz CT molecular complexity index is 545. The van der Waals surface area contributed by atoms with Gasteiger partial charge in [-0.2, -0.15) is 0 Å². The molecule has 0 unspecified atom stereocenters. The van der Waals surface area contributed by atoms with Gasteiger partial charge in [0.1, 0.15) is 0 Å². The van der Waals surface area contributed by atoms with Crippen LogP contribution in [0.5, 0.6) is 0 Å². The highest BCUT2D eigenvalue weighted by Gasteiger charge is 2.26. The molecule has 0 fully saturated rings. The summed E-state index contributed by atoms with van der Waals surface area (Å²) < 4.78 is 0. The highest BCUT2D eigenvalue weighted by atomic mass is 35.5. The first-order valence-electron chi connectivity index (χ1n) is 6.27. The summed E-state index contributed by atoms with van der Waals surface area (Å²) in [5, 5.41) is 12.1. The lowest BCUT2D eigenvalue weighted by molar-refractivity contribution is -0.139. The van der Waals surface area contributed by atoms with Crippen LogP contribution in [0.1, 0.15) is 18.0 Å². The van der Waals surface area contributed by atoms with Crippen molar-refractivity contribution in [3.63, 3.8) is 0 Å². The monoisotopic (exact) mass is 294 g/mol. The molecule has 20 heavy (non-hydrogen) atoms. The first-order chi connectivity index (χ1) is 9.59. The average Bonchev–Trinajstić information content (AvgIpc) is 2.46. The van der Waals surface area contributed by atoms with Crippen molar-refractivity contribution < 1.29 is 14.7 Å². The highest BCUT2D eigenvalue weighted by molar-refractivity contribution is 6.31. The molecule has 6 heteroatoms. The zero-order chi connectivity index (χ0) is 14.5. The van der Waals surface area contributed by atoms with Crippen molar-refractivity contribution in [3.8, 4) is 0 Å². The minimum absolute atomic E-state index is 0.318. The van der Waals surface area contributed by atoms with Gasteiger partial charge in [0.15, 0.2) is 6.04 Å². The van der Waals surface area contributed by atoms with Gasteiger partial charge in [-0.15, -0.1) is 0 Å². The van der Waals surface area contributed by atoms with Gasteiger partial charge in [-0.05, 0) is 12.5 Å². The lowest BCUT2D eigenvalue weighted by Gasteiger charge is -2.26. The van der Waals surface area contributed by atoms with E-state index in [9.17, 15) is 14.7 Å². The summed E-state index contributed by atoms with van der Waals surface area (Å²) in [6.07, 6.45) is 4.65. The van der Waals surface area contributed by atoms with Gasteiger partial charge < -0.3 is 15.3 Å². The number of hydrogen-bond donors (Lipinski definition) is 2. The molecule has 1 heterocycles. The maximum Gasteiger partial charge on any atom is 0.331 e. The van der Waals surface area contributed by atoms with E-state index in [0.29, 0.717) is 23.7 Å². The van der Waals surface area contributed by atoms with Gasteiger partial charge in [0, 0.05) is 23.7 Å². The fraction of sp³-hybridized carbons (Fsp3) is 0.286. The van der Waals surface area contributed by atoms with E-state index in [0.717, 1.165) is 6.42 Å². The molecule has 0 saturated heterocycles. The minimum Gasteiger partial charge on any atom is -0.479 e. The predicted molar refractivity (Wildman–Crippen MR) is 75.7 cm³/mol. The molecular weight excluding hydrogens is 280 g/mol. The van der Waals surface area contributed by atoms with Crippen molar-refractivity contribution in [2.45, 2.75) is 12.5 Å². The number of carbonyl (C=O) groups excluding carboxylic acids is 1. The third-order valence-corrected chi connectivity index (χ3v) is 3.42. The van der Waals surface area contributed by atoms with Crippen molar-refractivity contribution in [2.24, 2.45) is 0 Å². The summed E-state index contributed by atoms with van der Waals surface area (Å²) in [6, 6.07) is 5.04. The Balaban J connectivity index is 2.14. The van der Waals surface area contributed by atoms with Crippen LogP contribution in [0, 0.1) is 0 Å². The molecule has 5 nitrogen and oxygen atoms in total. The Labute approximate surface area is 121 Å². The van der Waals surface area contributed by atoms with Crippen LogP contribution in [0.4, 0.5) is 4.79 Å². The lowest BCUT2D eigenvalue weighted by Crippen LogP contribution is -2.45. The minimum atomic E-state index is -1.15. The van der Waals surface area contributed by atoms with Crippen molar-refractivity contribution in [2.75, 3.05) is 13.1 Å². The standard InChI is InChI=1S/C14H15ClN2O3/c15-11-7-3-2-6-10(11)12(13(18)19)16-14(20)17-8-4-1-5-9-17/h1-4,6-7,12H,5,8-9H2,(H,16,20)(H,18,19)/t12-/m1/s1. The highest BCUT2D eigenvalue weighted by Crippen LogP contribution is 2.23. The van der Waals surface area contributed by atoms with Gasteiger partial charge >= 0.3 is 12.0 Å². The summed E-state index contributed by atoms with van der Waals surface area (Å²) in [4.78, 5) is 25.0. The van der Waals surface area contributed by atoms with Crippen LogP contribution in [0.3, 0.4) is 0 Å². The van der Waals surface area contributed by atoms with Crippen LogP contribution < -0.4 is 5.32 Å². The van der Waals surface area contributed by atoms with E-state index in [1.807, 2.05) is 12.2 Å². The Kier molecular flexibility index (Phi) is 4.63. The van der Waals surface area contributed by atoms with E-state index in [4.69, 9.17) is 11.6 Å².